The average molecular weight is 449 g/mol. The van der Waals surface area contributed by atoms with Crippen LogP contribution in [0.15, 0.2) is 66.7 Å². The summed E-state index contributed by atoms with van der Waals surface area (Å²) in [5.41, 5.74) is 9.80. The van der Waals surface area contributed by atoms with Crippen molar-refractivity contribution in [2.24, 2.45) is 17.6 Å². The van der Waals surface area contributed by atoms with E-state index >= 15 is 0 Å². The smallest absolute Gasteiger partial charge is 0.251 e. The Morgan fingerprint density at radius 3 is 1.85 bits per heavy atom. The van der Waals surface area contributed by atoms with Gasteiger partial charge in [-0.2, -0.15) is 0 Å². The number of nitrogens with one attached hydrogen (secondary N) is 1. The predicted molar refractivity (Wildman–Crippen MR) is 129 cm³/mol. The molecule has 0 heterocycles. The molecule has 1 aliphatic rings. The molecule has 1 amide bonds. The van der Waals surface area contributed by atoms with Crippen molar-refractivity contribution < 1.29 is 13.6 Å². The summed E-state index contributed by atoms with van der Waals surface area (Å²) in [6, 6.07) is 17.9. The second-order valence-electron chi connectivity index (χ2n) is 9.72. The van der Waals surface area contributed by atoms with E-state index in [1.807, 2.05) is 18.2 Å². The zero-order valence-corrected chi connectivity index (χ0v) is 19.1. The lowest BCUT2D eigenvalue weighted by molar-refractivity contribution is 0.0947. The third kappa shape index (κ3) is 5.66. The monoisotopic (exact) mass is 448 g/mol. The summed E-state index contributed by atoms with van der Waals surface area (Å²) in [6.07, 6.45) is 3.15. The molecule has 1 saturated carbocycles. The Hall–Kier alpha value is -3.05. The number of hydrogen-bond donors (Lipinski definition) is 2. The van der Waals surface area contributed by atoms with Gasteiger partial charge in [0.05, 0.1) is 0 Å². The summed E-state index contributed by atoms with van der Waals surface area (Å²) in [5.74, 6) is 0.0894. The first-order valence-electron chi connectivity index (χ1n) is 11.4. The summed E-state index contributed by atoms with van der Waals surface area (Å²) in [5, 5.41) is 3.09. The van der Waals surface area contributed by atoms with Gasteiger partial charge in [-0.05, 0) is 110 Å². The van der Waals surface area contributed by atoms with E-state index in [0.717, 1.165) is 41.5 Å². The normalized spacial score (nSPS) is 18.3. The van der Waals surface area contributed by atoms with Crippen molar-refractivity contribution in [3.05, 3.63) is 83.9 Å². The van der Waals surface area contributed by atoms with E-state index in [-0.39, 0.29) is 23.1 Å². The van der Waals surface area contributed by atoms with Gasteiger partial charge in [0.1, 0.15) is 11.6 Å². The zero-order chi connectivity index (χ0) is 23.6. The predicted octanol–water partition coefficient (Wildman–Crippen LogP) is 6.18. The Kier molecular flexibility index (Phi) is 6.61. The number of amides is 1. The van der Waals surface area contributed by atoms with Crippen LogP contribution in [-0.4, -0.2) is 18.0 Å². The first-order valence-corrected chi connectivity index (χ1v) is 11.4. The molecule has 3 aromatic rings. The van der Waals surface area contributed by atoms with E-state index in [1.165, 1.54) is 24.3 Å². The summed E-state index contributed by atoms with van der Waals surface area (Å²) in [4.78, 5) is 13.1. The molecule has 0 radical (unpaired) electrons. The van der Waals surface area contributed by atoms with Crippen LogP contribution in [0.1, 0.15) is 43.5 Å². The molecule has 1 fully saturated rings. The van der Waals surface area contributed by atoms with Gasteiger partial charge in [-0.25, -0.2) is 8.78 Å². The van der Waals surface area contributed by atoms with Crippen LogP contribution in [0, 0.1) is 23.5 Å². The maximum Gasteiger partial charge on any atom is 0.251 e. The number of hydrogen-bond acceptors (Lipinski definition) is 2. The van der Waals surface area contributed by atoms with Crippen LogP contribution in [0.5, 0.6) is 0 Å². The summed E-state index contributed by atoms with van der Waals surface area (Å²) >= 11 is 0. The van der Waals surface area contributed by atoms with Crippen molar-refractivity contribution in [3.8, 4) is 22.3 Å². The second-order valence-corrected chi connectivity index (χ2v) is 9.72. The van der Waals surface area contributed by atoms with Crippen LogP contribution in [0.3, 0.4) is 0 Å². The standard InChI is InChI=1S/C28H30F2N2O/c1-28(2,31)24-8-3-18(13-24)17-32-27(33)23-15-21(19-4-9-25(29)10-5-19)14-22(16-23)20-6-11-26(30)12-7-20/h4-7,9-12,14-16,18,24H,3,8,13,17,31H2,1-2H3,(H,32,33)/t18-,24+/m0/s1. The molecule has 0 unspecified atom stereocenters. The molecule has 0 aliphatic heterocycles. The van der Waals surface area contributed by atoms with E-state index in [4.69, 9.17) is 5.73 Å². The van der Waals surface area contributed by atoms with Crippen LogP contribution in [0.25, 0.3) is 22.3 Å². The molecule has 3 aromatic carbocycles. The van der Waals surface area contributed by atoms with E-state index in [0.29, 0.717) is 23.9 Å². The van der Waals surface area contributed by atoms with Crippen LogP contribution >= 0.6 is 0 Å². The molecular weight excluding hydrogens is 418 g/mol. The largest absolute Gasteiger partial charge is 0.352 e. The zero-order valence-electron chi connectivity index (χ0n) is 19.1. The minimum Gasteiger partial charge on any atom is -0.352 e. The summed E-state index contributed by atoms with van der Waals surface area (Å²) < 4.78 is 26.9. The van der Waals surface area contributed by atoms with Gasteiger partial charge in [-0.1, -0.05) is 24.3 Å². The van der Waals surface area contributed by atoms with Crippen LogP contribution in [0.2, 0.25) is 0 Å². The SMILES string of the molecule is CC(C)(N)[C@@H]1CC[C@H](CNC(=O)c2cc(-c3ccc(F)cc3)cc(-c3ccc(F)cc3)c2)C1. The lowest BCUT2D eigenvalue weighted by Gasteiger charge is -2.26. The van der Waals surface area contributed by atoms with Gasteiger partial charge in [-0.3, -0.25) is 4.79 Å². The minimum absolute atomic E-state index is 0.155. The fourth-order valence-corrected chi connectivity index (χ4v) is 4.65. The average Bonchev–Trinajstić information content (AvgIpc) is 3.28. The number of nitrogens with two attached hydrogens (primary N) is 1. The quantitative estimate of drug-likeness (QED) is 0.473. The molecule has 3 N–H and O–H groups in total. The van der Waals surface area contributed by atoms with Gasteiger partial charge in [0.15, 0.2) is 0 Å². The van der Waals surface area contributed by atoms with Crippen molar-refractivity contribution >= 4 is 5.91 Å². The number of carbonyl (C=O) groups is 1. The van der Waals surface area contributed by atoms with Gasteiger partial charge in [-0.15, -0.1) is 0 Å². The molecule has 0 bridgehead atoms. The third-order valence-corrected chi connectivity index (χ3v) is 6.70. The van der Waals surface area contributed by atoms with Crippen molar-refractivity contribution in [1.82, 2.24) is 5.32 Å². The highest BCUT2D eigenvalue weighted by Crippen LogP contribution is 2.36. The maximum atomic E-state index is 13.4. The molecule has 0 spiro atoms. The molecule has 1 aliphatic carbocycles. The van der Waals surface area contributed by atoms with E-state index in [1.54, 1.807) is 24.3 Å². The van der Waals surface area contributed by atoms with Gasteiger partial charge < -0.3 is 11.1 Å². The van der Waals surface area contributed by atoms with Gasteiger partial charge >= 0.3 is 0 Å². The Morgan fingerprint density at radius 2 is 1.39 bits per heavy atom. The molecule has 172 valence electrons. The summed E-state index contributed by atoms with van der Waals surface area (Å²) in [7, 11) is 0. The first kappa shape index (κ1) is 23.1. The molecule has 3 nitrogen and oxygen atoms in total. The van der Waals surface area contributed by atoms with Crippen LogP contribution in [-0.2, 0) is 0 Å². The first-order chi connectivity index (χ1) is 15.7. The highest BCUT2D eigenvalue weighted by atomic mass is 19.1. The third-order valence-electron chi connectivity index (χ3n) is 6.70. The Morgan fingerprint density at radius 1 is 0.879 bits per heavy atom. The number of carbonyl (C=O) groups excluding carboxylic acids is 1. The van der Waals surface area contributed by atoms with Crippen molar-refractivity contribution in [2.75, 3.05) is 6.54 Å². The topological polar surface area (TPSA) is 55.1 Å². The molecule has 4 rings (SSSR count). The highest BCUT2D eigenvalue weighted by molar-refractivity contribution is 5.97. The minimum atomic E-state index is -0.318. The van der Waals surface area contributed by atoms with Crippen LogP contribution < -0.4 is 11.1 Å². The van der Waals surface area contributed by atoms with E-state index < -0.39 is 0 Å². The molecular formula is C28H30F2N2O. The fraction of sp³-hybridized carbons (Fsp3) is 0.321. The second kappa shape index (κ2) is 9.44. The van der Waals surface area contributed by atoms with Crippen molar-refractivity contribution in [3.63, 3.8) is 0 Å². The van der Waals surface area contributed by atoms with Gasteiger partial charge in [0.25, 0.3) is 5.91 Å². The number of rotatable bonds is 6. The lowest BCUT2D eigenvalue weighted by Crippen LogP contribution is -2.40. The lowest BCUT2D eigenvalue weighted by atomic mass is 9.86. The molecule has 0 aromatic heterocycles. The molecule has 5 heteroatoms. The highest BCUT2D eigenvalue weighted by Gasteiger charge is 2.33. The molecule has 33 heavy (non-hydrogen) atoms. The number of benzene rings is 3. The van der Waals surface area contributed by atoms with Crippen molar-refractivity contribution in [2.45, 2.75) is 38.6 Å². The van der Waals surface area contributed by atoms with Crippen LogP contribution in [0.4, 0.5) is 8.78 Å². The van der Waals surface area contributed by atoms with Gasteiger partial charge in [0, 0.05) is 17.6 Å². The maximum absolute atomic E-state index is 13.4. The Labute approximate surface area is 194 Å². The van der Waals surface area contributed by atoms with E-state index in [9.17, 15) is 13.6 Å². The van der Waals surface area contributed by atoms with Crippen molar-refractivity contribution in [1.29, 1.82) is 0 Å². The Bertz CT molecular complexity index is 1050. The number of halogens is 2. The van der Waals surface area contributed by atoms with Gasteiger partial charge in [0.2, 0.25) is 0 Å². The van der Waals surface area contributed by atoms with E-state index in [2.05, 4.69) is 19.2 Å². The summed E-state index contributed by atoms with van der Waals surface area (Å²) in [6.45, 7) is 4.74. The Balaban J connectivity index is 1.58. The molecule has 0 saturated heterocycles. The molecule has 2 atom stereocenters. The fourth-order valence-electron chi connectivity index (χ4n) is 4.65.